The third-order valence-corrected chi connectivity index (χ3v) is 6.93. The quantitative estimate of drug-likeness (QED) is 0.356. The number of ether oxygens (including phenoxy) is 4. The van der Waals surface area contributed by atoms with Crippen molar-refractivity contribution < 1.29 is 32.9 Å². The number of amides is 1. The molecule has 0 aliphatic carbocycles. The standard InChI is InChI=1S/C30H36FN3O6/c1-20(35)39-19-30(15-17-33(18-16-30)28(36)40-29(2,3)4)27-25(31)26(21-7-11-23(37-5)12-8-21)34(32-27)22-9-13-24(38-6)14-10-22/h7-14H,15-19H2,1-6H3. The van der Waals surface area contributed by atoms with Gasteiger partial charge in [-0.05, 0) is 82.1 Å². The second kappa shape index (κ2) is 11.6. The maximum atomic E-state index is 16.6. The van der Waals surface area contributed by atoms with Crippen molar-refractivity contribution in [1.29, 1.82) is 0 Å². The number of piperidine rings is 1. The Morgan fingerprint density at radius 3 is 2.00 bits per heavy atom. The first-order valence-electron chi connectivity index (χ1n) is 13.2. The van der Waals surface area contributed by atoms with Gasteiger partial charge in [-0.15, -0.1) is 0 Å². The molecule has 4 rings (SSSR count). The average molecular weight is 554 g/mol. The maximum Gasteiger partial charge on any atom is 0.410 e. The van der Waals surface area contributed by atoms with E-state index in [1.807, 2.05) is 20.8 Å². The zero-order chi connectivity index (χ0) is 29.1. The molecule has 0 unspecified atom stereocenters. The Balaban J connectivity index is 1.79. The van der Waals surface area contributed by atoms with Gasteiger partial charge in [-0.3, -0.25) is 4.79 Å². The number of benzene rings is 2. The molecule has 0 N–H and O–H groups in total. The number of nitrogens with zero attached hydrogens (tertiary/aromatic N) is 3. The summed E-state index contributed by atoms with van der Waals surface area (Å²) in [5.74, 6) is 0.308. The van der Waals surface area contributed by atoms with E-state index in [1.54, 1.807) is 72.3 Å². The van der Waals surface area contributed by atoms with Gasteiger partial charge < -0.3 is 23.8 Å². The van der Waals surface area contributed by atoms with Crippen molar-refractivity contribution in [3.63, 3.8) is 0 Å². The van der Waals surface area contributed by atoms with Crippen LogP contribution in [0.15, 0.2) is 48.5 Å². The highest BCUT2D eigenvalue weighted by molar-refractivity contribution is 5.69. The zero-order valence-corrected chi connectivity index (χ0v) is 23.8. The van der Waals surface area contributed by atoms with E-state index in [9.17, 15) is 9.59 Å². The van der Waals surface area contributed by atoms with Crippen LogP contribution in [0, 0.1) is 5.82 Å². The molecule has 0 spiro atoms. The van der Waals surface area contributed by atoms with Crippen LogP contribution in [0.2, 0.25) is 0 Å². The van der Waals surface area contributed by atoms with Crippen LogP contribution in [0.1, 0.15) is 46.2 Å². The lowest BCUT2D eigenvalue weighted by molar-refractivity contribution is -0.143. The van der Waals surface area contributed by atoms with Crippen LogP contribution in [0.4, 0.5) is 9.18 Å². The Morgan fingerprint density at radius 2 is 1.50 bits per heavy atom. The summed E-state index contributed by atoms with van der Waals surface area (Å²) in [7, 11) is 3.14. The second-order valence-electron chi connectivity index (χ2n) is 10.9. The Bertz CT molecular complexity index is 1340. The Morgan fingerprint density at radius 1 is 0.950 bits per heavy atom. The number of likely N-dealkylation sites (tertiary alicyclic amines) is 1. The van der Waals surface area contributed by atoms with E-state index in [4.69, 9.17) is 24.0 Å². The highest BCUT2D eigenvalue weighted by Gasteiger charge is 2.44. The van der Waals surface area contributed by atoms with Gasteiger partial charge in [0, 0.05) is 25.6 Å². The first-order valence-corrected chi connectivity index (χ1v) is 13.2. The van der Waals surface area contributed by atoms with E-state index in [2.05, 4.69) is 0 Å². The van der Waals surface area contributed by atoms with Gasteiger partial charge in [-0.2, -0.15) is 5.10 Å². The van der Waals surface area contributed by atoms with Crippen LogP contribution < -0.4 is 9.47 Å². The average Bonchev–Trinajstić information content (AvgIpc) is 3.28. The van der Waals surface area contributed by atoms with E-state index in [0.717, 1.165) is 0 Å². The molecule has 0 bridgehead atoms. The van der Waals surface area contributed by atoms with E-state index < -0.39 is 28.9 Å². The molecule has 1 aliphatic rings. The van der Waals surface area contributed by atoms with Crippen molar-refractivity contribution in [1.82, 2.24) is 14.7 Å². The normalized spacial score (nSPS) is 14.9. The largest absolute Gasteiger partial charge is 0.497 e. The third-order valence-electron chi connectivity index (χ3n) is 6.93. The minimum Gasteiger partial charge on any atom is -0.497 e. The van der Waals surface area contributed by atoms with Gasteiger partial charge >= 0.3 is 12.1 Å². The highest BCUT2D eigenvalue weighted by Crippen LogP contribution is 2.41. The van der Waals surface area contributed by atoms with Crippen LogP contribution >= 0.6 is 0 Å². The van der Waals surface area contributed by atoms with Gasteiger partial charge in [0.25, 0.3) is 0 Å². The molecule has 1 amide bonds. The number of methoxy groups -OCH3 is 2. The molecule has 1 fully saturated rings. The zero-order valence-electron chi connectivity index (χ0n) is 23.8. The molecule has 0 radical (unpaired) electrons. The van der Waals surface area contributed by atoms with Gasteiger partial charge in [-0.1, -0.05) is 0 Å². The van der Waals surface area contributed by atoms with E-state index >= 15 is 4.39 Å². The first kappa shape index (κ1) is 28.9. The molecule has 10 heteroatoms. The number of hydrogen-bond acceptors (Lipinski definition) is 7. The van der Waals surface area contributed by atoms with Crippen LogP contribution in [-0.2, 0) is 19.7 Å². The minimum absolute atomic E-state index is 0.0664. The number of carbonyl (C=O) groups excluding carboxylic acids is 2. The summed E-state index contributed by atoms with van der Waals surface area (Å²) in [6.07, 6.45) is 0.229. The molecule has 2 heterocycles. The lowest BCUT2D eigenvalue weighted by atomic mass is 9.76. The lowest BCUT2D eigenvalue weighted by Gasteiger charge is -2.40. The van der Waals surface area contributed by atoms with Crippen LogP contribution in [0.5, 0.6) is 11.5 Å². The van der Waals surface area contributed by atoms with Gasteiger partial charge in [0.2, 0.25) is 0 Å². The first-order chi connectivity index (χ1) is 19.0. The molecule has 1 aliphatic heterocycles. The highest BCUT2D eigenvalue weighted by atomic mass is 19.1. The molecule has 2 aromatic carbocycles. The van der Waals surface area contributed by atoms with Gasteiger partial charge in [0.15, 0.2) is 5.82 Å². The number of hydrogen-bond donors (Lipinski definition) is 0. The minimum atomic E-state index is -0.951. The Hall–Kier alpha value is -4.08. The molecule has 1 saturated heterocycles. The topological polar surface area (TPSA) is 92.1 Å². The maximum absolute atomic E-state index is 16.6. The predicted molar refractivity (Wildman–Crippen MR) is 147 cm³/mol. The fourth-order valence-corrected chi connectivity index (χ4v) is 4.78. The third kappa shape index (κ3) is 6.21. The van der Waals surface area contributed by atoms with Gasteiger partial charge in [-0.25, -0.2) is 13.9 Å². The fourth-order valence-electron chi connectivity index (χ4n) is 4.78. The van der Waals surface area contributed by atoms with Crippen molar-refractivity contribution in [2.45, 2.75) is 51.6 Å². The fraction of sp³-hybridized carbons (Fsp3) is 0.433. The van der Waals surface area contributed by atoms with Crippen molar-refractivity contribution in [3.8, 4) is 28.4 Å². The van der Waals surface area contributed by atoms with Crippen LogP contribution in [0.3, 0.4) is 0 Å². The molecule has 1 aromatic heterocycles. The number of esters is 1. The summed E-state index contributed by atoms with van der Waals surface area (Å²) in [6.45, 7) is 7.26. The molecule has 9 nitrogen and oxygen atoms in total. The molecule has 0 saturated carbocycles. The predicted octanol–water partition coefficient (Wildman–Crippen LogP) is 5.53. The van der Waals surface area contributed by atoms with Gasteiger partial charge in [0.05, 0.1) is 25.3 Å². The van der Waals surface area contributed by atoms with E-state index in [0.29, 0.717) is 48.7 Å². The van der Waals surface area contributed by atoms with E-state index in [-0.39, 0.29) is 18.0 Å². The van der Waals surface area contributed by atoms with Crippen molar-refractivity contribution >= 4 is 12.1 Å². The van der Waals surface area contributed by atoms with Crippen LogP contribution in [0.25, 0.3) is 16.9 Å². The molecule has 0 atom stereocenters. The Labute approximate surface area is 233 Å². The van der Waals surface area contributed by atoms with Crippen molar-refractivity contribution in [2.24, 2.45) is 0 Å². The summed E-state index contributed by atoms with van der Waals surface area (Å²) in [5.41, 5.74) is 0.0821. The molecular weight excluding hydrogens is 517 g/mol. The smallest absolute Gasteiger partial charge is 0.410 e. The van der Waals surface area contributed by atoms with E-state index in [1.165, 1.54) is 6.92 Å². The Kier molecular flexibility index (Phi) is 8.37. The SMILES string of the molecule is COc1ccc(-c2c(F)c(C3(COC(C)=O)CCN(C(=O)OC(C)(C)C)CC3)nn2-c2ccc(OC)cc2)cc1. The summed E-state index contributed by atoms with van der Waals surface area (Å²) in [4.78, 5) is 26.2. The monoisotopic (exact) mass is 553 g/mol. The summed E-state index contributed by atoms with van der Waals surface area (Å²) in [5, 5.41) is 4.80. The summed E-state index contributed by atoms with van der Waals surface area (Å²) in [6, 6.07) is 14.2. The lowest BCUT2D eigenvalue weighted by Crippen LogP contribution is -2.49. The number of aromatic nitrogens is 2. The second-order valence-corrected chi connectivity index (χ2v) is 10.9. The van der Waals surface area contributed by atoms with Crippen molar-refractivity contribution in [2.75, 3.05) is 33.9 Å². The molecule has 3 aromatic rings. The molecular formula is C30H36FN3O6. The summed E-state index contributed by atoms with van der Waals surface area (Å²) < 4.78 is 39.8. The van der Waals surface area contributed by atoms with Crippen LogP contribution in [-0.4, -0.2) is 66.3 Å². The summed E-state index contributed by atoms with van der Waals surface area (Å²) >= 11 is 0. The number of carbonyl (C=O) groups is 2. The number of halogens is 1. The number of rotatable bonds is 7. The van der Waals surface area contributed by atoms with Crippen molar-refractivity contribution in [3.05, 3.63) is 60.0 Å². The molecule has 214 valence electrons. The molecule has 40 heavy (non-hydrogen) atoms. The van der Waals surface area contributed by atoms with Gasteiger partial charge in [0.1, 0.15) is 35.1 Å².